The van der Waals surface area contributed by atoms with Crippen molar-refractivity contribution in [1.29, 1.82) is 0 Å². The molecule has 4 rings (SSSR count). The second kappa shape index (κ2) is 5.25. The number of ether oxygens (including phenoxy) is 2. The van der Waals surface area contributed by atoms with Gasteiger partial charge in [-0.1, -0.05) is 6.92 Å². The topological polar surface area (TPSA) is 35.5 Å². The summed E-state index contributed by atoms with van der Waals surface area (Å²) < 4.78 is 11.1. The molecule has 0 saturated heterocycles. The fraction of sp³-hybridized carbons (Fsp3) is 0.650. The van der Waals surface area contributed by atoms with Crippen molar-refractivity contribution in [2.75, 3.05) is 14.2 Å². The molecule has 0 radical (unpaired) electrons. The lowest BCUT2D eigenvalue weighted by Crippen LogP contribution is -2.42. The molecule has 0 aliphatic heterocycles. The number of hydrogen-bond acceptors (Lipinski definition) is 3. The van der Waals surface area contributed by atoms with Crippen LogP contribution in [0.25, 0.3) is 0 Å². The van der Waals surface area contributed by atoms with Crippen LogP contribution in [0.15, 0.2) is 12.1 Å². The molecule has 4 atom stereocenters. The smallest absolute Gasteiger partial charge is 0.139 e. The van der Waals surface area contributed by atoms with E-state index in [4.69, 9.17) is 9.47 Å². The number of benzene rings is 1. The molecule has 1 aromatic rings. The van der Waals surface area contributed by atoms with E-state index in [1.165, 1.54) is 17.5 Å². The zero-order valence-electron chi connectivity index (χ0n) is 14.4. The minimum absolute atomic E-state index is 0.0572. The summed E-state index contributed by atoms with van der Waals surface area (Å²) in [6.45, 7) is 2.23. The minimum Gasteiger partial charge on any atom is -0.497 e. The summed E-state index contributed by atoms with van der Waals surface area (Å²) >= 11 is 0. The highest BCUT2D eigenvalue weighted by molar-refractivity contribution is 5.87. The molecule has 3 heteroatoms. The minimum atomic E-state index is -0.0572. The van der Waals surface area contributed by atoms with Crippen molar-refractivity contribution in [2.45, 2.75) is 51.4 Å². The van der Waals surface area contributed by atoms with Gasteiger partial charge in [0.2, 0.25) is 0 Å². The van der Waals surface area contributed by atoms with Gasteiger partial charge < -0.3 is 9.47 Å². The van der Waals surface area contributed by atoms with E-state index >= 15 is 0 Å². The monoisotopic (exact) mass is 314 g/mol. The van der Waals surface area contributed by atoms with Gasteiger partial charge in [-0.2, -0.15) is 0 Å². The van der Waals surface area contributed by atoms with Crippen LogP contribution >= 0.6 is 0 Å². The van der Waals surface area contributed by atoms with E-state index in [0.29, 0.717) is 23.5 Å². The highest BCUT2D eigenvalue weighted by Gasteiger charge is 2.54. The van der Waals surface area contributed by atoms with E-state index in [2.05, 4.69) is 13.0 Å². The predicted molar refractivity (Wildman–Crippen MR) is 89.2 cm³/mol. The maximum atomic E-state index is 12.4. The average molecular weight is 314 g/mol. The van der Waals surface area contributed by atoms with Gasteiger partial charge in [-0.05, 0) is 61.5 Å². The van der Waals surface area contributed by atoms with Gasteiger partial charge in [-0.15, -0.1) is 0 Å². The molecule has 0 amide bonds. The highest BCUT2D eigenvalue weighted by Crippen LogP contribution is 2.60. The third-order valence-electron chi connectivity index (χ3n) is 6.92. The van der Waals surface area contributed by atoms with Crippen LogP contribution in [0.3, 0.4) is 0 Å². The number of rotatable bonds is 2. The Bertz CT molecular complexity index is 633. The molecular formula is C20H26O3. The van der Waals surface area contributed by atoms with Gasteiger partial charge in [-0.25, -0.2) is 0 Å². The summed E-state index contributed by atoms with van der Waals surface area (Å²) in [6, 6.07) is 4.20. The van der Waals surface area contributed by atoms with E-state index in [1.807, 2.05) is 6.07 Å². The summed E-state index contributed by atoms with van der Waals surface area (Å²) in [6.07, 6.45) is 6.29. The molecule has 3 aliphatic rings. The molecule has 124 valence electrons. The summed E-state index contributed by atoms with van der Waals surface area (Å²) in [4.78, 5) is 12.4. The summed E-state index contributed by atoms with van der Waals surface area (Å²) in [7, 11) is 3.47. The van der Waals surface area contributed by atoms with Crippen LogP contribution in [0, 0.1) is 17.3 Å². The standard InChI is InChI=1S/C20H26O3/c1-20-9-8-15-14(16(20)6-7-18(20)21)5-4-12-10-13(22-2)11-17(23-3)19(12)15/h10-11,14-16H,4-9H2,1-3H3/t14-,15-,16-,20-/m0/s1. The Hall–Kier alpha value is -1.51. The number of aryl methyl sites for hydroxylation is 1. The van der Waals surface area contributed by atoms with Gasteiger partial charge in [0.05, 0.1) is 14.2 Å². The Kier molecular flexibility index (Phi) is 3.44. The van der Waals surface area contributed by atoms with Gasteiger partial charge in [0, 0.05) is 23.5 Å². The Balaban J connectivity index is 1.76. The van der Waals surface area contributed by atoms with Crippen LogP contribution in [0.5, 0.6) is 11.5 Å². The van der Waals surface area contributed by atoms with Crippen molar-refractivity contribution in [3.8, 4) is 11.5 Å². The molecule has 0 spiro atoms. The lowest BCUT2D eigenvalue weighted by molar-refractivity contribution is -0.129. The first kappa shape index (κ1) is 15.0. The molecule has 2 saturated carbocycles. The number of fused-ring (bicyclic) bond motifs is 5. The Labute approximate surface area is 138 Å². The van der Waals surface area contributed by atoms with Gasteiger partial charge in [0.25, 0.3) is 0 Å². The molecule has 2 fully saturated rings. The molecule has 1 aromatic carbocycles. The number of carbonyl (C=O) groups is 1. The zero-order chi connectivity index (χ0) is 16.2. The fourth-order valence-electron chi connectivity index (χ4n) is 5.71. The van der Waals surface area contributed by atoms with E-state index in [1.54, 1.807) is 14.2 Å². The van der Waals surface area contributed by atoms with Gasteiger partial charge in [-0.3, -0.25) is 4.79 Å². The fourth-order valence-corrected chi connectivity index (χ4v) is 5.71. The van der Waals surface area contributed by atoms with Crippen LogP contribution in [0.4, 0.5) is 0 Å². The van der Waals surface area contributed by atoms with Crippen molar-refractivity contribution in [3.05, 3.63) is 23.3 Å². The van der Waals surface area contributed by atoms with Crippen LogP contribution in [0.2, 0.25) is 0 Å². The van der Waals surface area contributed by atoms with E-state index < -0.39 is 0 Å². The predicted octanol–water partition coefficient (Wildman–Crippen LogP) is 4.13. The number of ketones is 1. The molecule has 0 bridgehead atoms. The normalized spacial score (nSPS) is 35.3. The van der Waals surface area contributed by atoms with E-state index in [9.17, 15) is 4.79 Å². The third kappa shape index (κ3) is 2.05. The first-order valence-corrected chi connectivity index (χ1v) is 8.86. The molecule has 0 aromatic heterocycles. The first-order valence-electron chi connectivity index (χ1n) is 8.86. The second-order valence-electron chi connectivity index (χ2n) is 7.74. The van der Waals surface area contributed by atoms with Crippen LogP contribution < -0.4 is 9.47 Å². The SMILES string of the molecule is COc1cc2c(c(OC)c1)[C@H]1CC[C@]3(C)C(=O)CC[C@H]3[C@H]1CC2. The molecule has 0 heterocycles. The molecule has 0 unspecified atom stereocenters. The molecule has 23 heavy (non-hydrogen) atoms. The Morgan fingerprint density at radius 3 is 2.65 bits per heavy atom. The molecular weight excluding hydrogens is 288 g/mol. The van der Waals surface area contributed by atoms with Gasteiger partial charge >= 0.3 is 0 Å². The second-order valence-corrected chi connectivity index (χ2v) is 7.74. The van der Waals surface area contributed by atoms with Gasteiger partial charge in [0.1, 0.15) is 17.3 Å². The number of hydrogen-bond donors (Lipinski definition) is 0. The summed E-state index contributed by atoms with van der Waals surface area (Å²) in [5, 5.41) is 0. The number of methoxy groups -OCH3 is 2. The molecule has 3 aliphatic carbocycles. The van der Waals surface area contributed by atoms with Crippen molar-refractivity contribution in [1.82, 2.24) is 0 Å². The maximum absolute atomic E-state index is 12.4. The van der Waals surface area contributed by atoms with Crippen LogP contribution in [-0.2, 0) is 11.2 Å². The largest absolute Gasteiger partial charge is 0.497 e. The first-order chi connectivity index (χ1) is 11.1. The van der Waals surface area contributed by atoms with E-state index in [0.717, 1.165) is 43.6 Å². The van der Waals surface area contributed by atoms with Crippen LogP contribution in [-0.4, -0.2) is 20.0 Å². The lowest BCUT2D eigenvalue weighted by Gasteiger charge is -2.48. The van der Waals surface area contributed by atoms with E-state index in [-0.39, 0.29) is 5.41 Å². The maximum Gasteiger partial charge on any atom is 0.139 e. The third-order valence-corrected chi connectivity index (χ3v) is 6.92. The summed E-state index contributed by atoms with van der Waals surface area (Å²) in [5.74, 6) is 4.11. The lowest BCUT2D eigenvalue weighted by atomic mass is 9.55. The highest BCUT2D eigenvalue weighted by atomic mass is 16.5. The Morgan fingerprint density at radius 1 is 1.09 bits per heavy atom. The van der Waals surface area contributed by atoms with Gasteiger partial charge in [0.15, 0.2) is 0 Å². The Morgan fingerprint density at radius 2 is 1.91 bits per heavy atom. The van der Waals surface area contributed by atoms with Crippen molar-refractivity contribution < 1.29 is 14.3 Å². The quantitative estimate of drug-likeness (QED) is 0.823. The number of carbonyl (C=O) groups excluding carboxylic acids is 1. The van der Waals surface area contributed by atoms with Crippen molar-refractivity contribution in [2.24, 2.45) is 17.3 Å². The molecule has 0 N–H and O–H groups in total. The average Bonchev–Trinajstić information content (AvgIpc) is 2.88. The van der Waals surface area contributed by atoms with Crippen molar-refractivity contribution in [3.63, 3.8) is 0 Å². The molecule has 3 nitrogen and oxygen atoms in total. The zero-order valence-corrected chi connectivity index (χ0v) is 14.4. The van der Waals surface area contributed by atoms with Crippen LogP contribution in [0.1, 0.15) is 56.1 Å². The number of Topliss-reactive ketones (excluding diaryl/α,β-unsaturated/α-hetero) is 1. The van der Waals surface area contributed by atoms with Crippen molar-refractivity contribution >= 4 is 5.78 Å². The summed E-state index contributed by atoms with van der Waals surface area (Å²) in [5.41, 5.74) is 2.72.